The van der Waals surface area contributed by atoms with Gasteiger partial charge in [0, 0.05) is 9.86 Å². The first-order valence-corrected chi connectivity index (χ1v) is 9.67. The van der Waals surface area contributed by atoms with Crippen LogP contribution in [0.1, 0.15) is 23.0 Å². The third kappa shape index (κ3) is 5.08. The summed E-state index contributed by atoms with van der Waals surface area (Å²) in [6.07, 6.45) is 1.42. The number of nitrogens with one attached hydrogen (secondary N) is 1. The third-order valence-corrected chi connectivity index (χ3v) is 4.47. The van der Waals surface area contributed by atoms with E-state index >= 15 is 0 Å². The number of furan rings is 1. The lowest BCUT2D eigenvalue weighted by Gasteiger charge is -2.12. The number of hydrogen-bond donors (Lipinski definition) is 1. The Labute approximate surface area is 180 Å². The zero-order valence-corrected chi connectivity index (χ0v) is 17.6. The van der Waals surface area contributed by atoms with Crippen molar-refractivity contribution in [2.45, 2.75) is 6.92 Å². The van der Waals surface area contributed by atoms with Gasteiger partial charge in [0.25, 0.3) is 0 Å². The summed E-state index contributed by atoms with van der Waals surface area (Å²) in [5, 5.41) is 13.7. The highest BCUT2D eigenvalue weighted by atomic mass is 79.9. The zero-order valence-electron chi connectivity index (χ0n) is 15.2. The highest BCUT2D eigenvalue weighted by molar-refractivity contribution is 9.10. The molecule has 1 N–H and O–H groups in total. The number of nitrogens with zero attached hydrogens (tertiary/aromatic N) is 2. The number of ether oxygens (including phenoxy) is 2. The number of rotatable bonds is 7. The predicted molar refractivity (Wildman–Crippen MR) is 113 cm³/mol. The average molecular weight is 477 g/mol. The van der Waals surface area contributed by atoms with Crippen LogP contribution in [0.4, 0.5) is 0 Å². The van der Waals surface area contributed by atoms with Gasteiger partial charge in [-0.2, -0.15) is 10.4 Å². The van der Waals surface area contributed by atoms with Crippen molar-refractivity contribution in [1.82, 2.24) is 5.43 Å². The Morgan fingerprint density at radius 3 is 2.93 bits per heavy atom. The molecule has 9 heteroatoms. The van der Waals surface area contributed by atoms with Crippen molar-refractivity contribution >= 4 is 50.6 Å². The highest BCUT2D eigenvalue weighted by Gasteiger charge is 2.13. The first kappa shape index (κ1) is 20.7. The van der Waals surface area contributed by atoms with Crippen molar-refractivity contribution in [3.05, 3.63) is 57.2 Å². The van der Waals surface area contributed by atoms with Gasteiger partial charge in [-0.05, 0) is 48.9 Å². The second-order valence-corrected chi connectivity index (χ2v) is 7.02. The number of nitriles is 1. The minimum Gasteiger partial charge on any atom is -0.490 e. The minimum atomic E-state index is -0.487. The van der Waals surface area contributed by atoms with E-state index in [1.54, 1.807) is 24.3 Å². The monoisotopic (exact) mass is 475 g/mol. The van der Waals surface area contributed by atoms with Crippen LogP contribution in [0.25, 0.3) is 11.0 Å². The average Bonchev–Trinajstić information content (AvgIpc) is 3.11. The van der Waals surface area contributed by atoms with Gasteiger partial charge < -0.3 is 13.9 Å². The number of hydrazone groups is 1. The summed E-state index contributed by atoms with van der Waals surface area (Å²) in [6.45, 7) is 2.05. The fourth-order valence-electron chi connectivity index (χ4n) is 2.52. The normalized spacial score (nSPS) is 10.8. The molecule has 3 rings (SSSR count). The number of benzene rings is 2. The molecule has 0 aliphatic heterocycles. The van der Waals surface area contributed by atoms with Crippen LogP contribution in [0.3, 0.4) is 0 Å². The van der Waals surface area contributed by atoms with Crippen LogP contribution in [-0.2, 0) is 0 Å². The summed E-state index contributed by atoms with van der Waals surface area (Å²) < 4.78 is 17.2. The molecule has 1 heterocycles. The van der Waals surface area contributed by atoms with Gasteiger partial charge in [0.1, 0.15) is 11.7 Å². The minimum absolute atomic E-state index is 0.142. The molecule has 0 saturated carbocycles. The molecular formula is C20H15BrClN3O4. The number of amides is 1. The van der Waals surface area contributed by atoms with Crippen molar-refractivity contribution in [1.29, 1.82) is 5.26 Å². The maximum absolute atomic E-state index is 12.3. The van der Waals surface area contributed by atoms with Crippen molar-refractivity contribution in [3.8, 4) is 17.6 Å². The molecule has 0 aliphatic carbocycles. The molecule has 148 valence electrons. The molecular weight excluding hydrogens is 462 g/mol. The summed E-state index contributed by atoms with van der Waals surface area (Å²) in [4.78, 5) is 12.3. The van der Waals surface area contributed by atoms with Crippen molar-refractivity contribution in [3.63, 3.8) is 0 Å². The smallest absolute Gasteiger partial charge is 0.307 e. The predicted octanol–water partition coefficient (Wildman–Crippen LogP) is 4.91. The second kappa shape index (κ2) is 9.45. The molecule has 0 bridgehead atoms. The summed E-state index contributed by atoms with van der Waals surface area (Å²) in [5.41, 5.74) is 3.59. The Balaban J connectivity index is 1.74. The fraction of sp³-hybridized carbons (Fsp3) is 0.150. The van der Waals surface area contributed by atoms with Crippen LogP contribution < -0.4 is 14.9 Å². The van der Waals surface area contributed by atoms with Crippen molar-refractivity contribution in [2.75, 3.05) is 13.2 Å². The van der Waals surface area contributed by atoms with Crippen molar-refractivity contribution < 1.29 is 18.7 Å². The van der Waals surface area contributed by atoms with Crippen LogP contribution in [-0.4, -0.2) is 25.3 Å². The Hall–Kier alpha value is -3.02. The quantitative estimate of drug-likeness (QED) is 0.386. The molecule has 0 saturated heterocycles. The largest absolute Gasteiger partial charge is 0.490 e. The van der Waals surface area contributed by atoms with E-state index in [4.69, 9.17) is 30.8 Å². The molecule has 2 aromatic carbocycles. The highest BCUT2D eigenvalue weighted by Crippen LogP contribution is 2.36. The van der Waals surface area contributed by atoms with Crippen LogP contribution in [0, 0.1) is 11.3 Å². The van der Waals surface area contributed by atoms with E-state index in [2.05, 4.69) is 26.5 Å². The van der Waals surface area contributed by atoms with E-state index in [-0.39, 0.29) is 23.1 Å². The van der Waals surface area contributed by atoms with Crippen LogP contribution in [0.5, 0.6) is 11.5 Å². The second-order valence-electron chi connectivity index (χ2n) is 5.70. The molecule has 0 unspecified atom stereocenters. The molecule has 1 aromatic heterocycles. The van der Waals surface area contributed by atoms with Gasteiger partial charge in [-0.1, -0.05) is 27.5 Å². The van der Waals surface area contributed by atoms with Gasteiger partial charge in [0.15, 0.2) is 23.9 Å². The van der Waals surface area contributed by atoms with E-state index < -0.39 is 5.91 Å². The zero-order chi connectivity index (χ0) is 20.8. The van der Waals surface area contributed by atoms with E-state index in [0.29, 0.717) is 23.5 Å². The number of carbonyl (C=O) groups excluding carboxylic acids is 1. The molecule has 7 nitrogen and oxygen atoms in total. The molecule has 3 aromatic rings. The Kier molecular flexibility index (Phi) is 6.75. The molecule has 1 amide bonds. The number of halogens is 2. The number of carbonyl (C=O) groups is 1. The molecule has 0 fully saturated rings. The van der Waals surface area contributed by atoms with Gasteiger partial charge in [-0.15, -0.1) is 0 Å². The third-order valence-electron chi connectivity index (χ3n) is 3.69. The fourth-order valence-corrected chi connectivity index (χ4v) is 3.17. The summed E-state index contributed by atoms with van der Waals surface area (Å²) in [7, 11) is 0. The van der Waals surface area contributed by atoms with Gasteiger partial charge in [-0.25, -0.2) is 5.43 Å². The molecule has 29 heavy (non-hydrogen) atoms. The van der Waals surface area contributed by atoms with E-state index in [0.717, 1.165) is 9.86 Å². The maximum Gasteiger partial charge on any atom is 0.307 e. The summed E-state index contributed by atoms with van der Waals surface area (Å²) in [5.74, 6) is 0.317. The molecule has 0 spiro atoms. The lowest BCUT2D eigenvalue weighted by Crippen LogP contribution is -2.16. The van der Waals surface area contributed by atoms with E-state index in [1.807, 2.05) is 25.1 Å². The van der Waals surface area contributed by atoms with E-state index in [9.17, 15) is 4.79 Å². The number of fused-ring (bicyclic) bond motifs is 1. The lowest BCUT2D eigenvalue weighted by molar-refractivity contribution is 0.0929. The number of hydrogen-bond acceptors (Lipinski definition) is 6. The van der Waals surface area contributed by atoms with Gasteiger partial charge in [0.05, 0.1) is 17.8 Å². The topological polar surface area (TPSA) is 96.8 Å². The maximum atomic E-state index is 12.3. The molecule has 0 radical (unpaired) electrons. The summed E-state index contributed by atoms with van der Waals surface area (Å²) in [6, 6.07) is 12.2. The van der Waals surface area contributed by atoms with Gasteiger partial charge in [0.2, 0.25) is 0 Å². The van der Waals surface area contributed by atoms with Crippen molar-refractivity contribution in [2.24, 2.45) is 5.10 Å². The Bertz CT molecular complexity index is 1120. The molecule has 0 atom stereocenters. The lowest BCUT2D eigenvalue weighted by atomic mass is 10.2. The Morgan fingerprint density at radius 1 is 1.34 bits per heavy atom. The first-order valence-electron chi connectivity index (χ1n) is 8.50. The van der Waals surface area contributed by atoms with Crippen LogP contribution in [0.2, 0.25) is 5.02 Å². The van der Waals surface area contributed by atoms with Gasteiger partial charge >= 0.3 is 5.91 Å². The Morgan fingerprint density at radius 2 is 2.17 bits per heavy atom. The van der Waals surface area contributed by atoms with Crippen LogP contribution in [0.15, 0.2) is 50.4 Å². The standard InChI is InChI=1S/C20H15BrClN3O4/c1-2-27-17-8-12(7-15(22)19(17)28-6-5-23)11-24-25-20(26)18-10-13-9-14(21)3-4-16(13)29-18/h3-4,7-11H,2,6H2,1H3,(H,25,26)/b24-11+. The van der Waals surface area contributed by atoms with E-state index in [1.165, 1.54) is 6.21 Å². The van der Waals surface area contributed by atoms with Gasteiger partial charge in [-0.3, -0.25) is 4.79 Å². The van der Waals surface area contributed by atoms with Crippen LogP contribution >= 0.6 is 27.5 Å². The first-order chi connectivity index (χ1) is 14.0. The SMILES string of the molecule is CCOc1cc(/C=N/NC(=O)c2cc3cc(Br)ccc3o2)cc(Cl)c1OCC#N. The molecule has 0 aliphatic rings. The summed E-state index contributed by atoms with van der Waals surface area (Å²) >= 11 is 9.60.